The van der Waals surface area contributed by atoms with Crippen molar-refractivity contribution >= 4 is 29.1 Å². The molecule has 0 amide bonds. The third-order valence-corrected chi connectivity index (χ3v) is 5.01. The lowest BCUT2D eigenvalue weighted by molar-refractivity contribution is 0.0954. The van der Waals surface area contributed by atoms with Gasteiger partial charge in [-0.15, -0.1) is 11.8 Å². The van der Waals surface area contributed by atoms with E-state index in [9.17, 15) is 4.79 Å². The van der Waals surface area contributed by atoms with Gasteiger partial charge < -0.3 is 4.74 Å². The van der Waals surface area contributed by atoms with Crippen molar-refractivity contribution in [2.24, 2.45) is 0 Å². The van der Waals surface area contributed by atoms with Crippen LogP contribution in [0.4, 0.5) is 0 Å². The molecule has 0 spiro atoms. The molecular formula is C15H15ClN2O2S. The molecule has 6 heteroatoms. The van der Waals surface area contributed by atoms with E-state index in [1.165, 1.54) is 11.1 Å². The molecule has 110 valence electrons. The molecule has 2 heterocycles. The number of rotatable bonds is 5. The number of methoxy groups -OCH3 is 1. The Kier molecular flexibility index (Phi) is 4.33. The Labute approximate surface area is 132 Å². The van der Waals surface area contributed by atoms with Gasteiger partial charge in [0.05, 0.1) is 30.3 Å². The second-order valence-corrected chi connectivity index (χ2v) is 6.29. The maximum absolute atomic E-state index is 12.9. The molecule has 3 rings (SSSR count). The number of carbonyl (C=O) groups excluding carboxylic acids is 1. The van der Waals surface area contributed by atoms with Crippen LogP contribution in [0.25, 0.3) is 0 Å². The number of thioether (sulfide) groups is 1. The Bertz CT molecular complexity index is 671. The minimum atomic E-state index is -0.151. The highest BCUT2D eigenvalue weighted by Gasteiger charge is 2.32. The third kappa shape index (κ3) is 2.73. The lowest BCUT2D eigenvalue weighted by atomic mass is 9.95. The summed E-state index contributed by atoms with van der Waals surface area (Å²) in [6.07, 6.45) is 1.53. The second-order valence-electron chi connectivity index (χ2n) is 4.82. The van der Waals surface area contributed by atoms with Gasteiger partial charge in [-0.3, -0.25) is 9.48 Å². The van der Waals surface area contributed by atoms with Gasteiger partial charge in [0.15, 0.2) is 5.78 Å². The number of nitrogens with zero attached hydrogens (tertiary/aromatic N) is 2. The number of Topliss-reactive ketones (excluding diaryl/α,β-unsaturated/α-hetero) is 1. The fraction of sp³-hybridized carbons (Fsp3) is 0.333. The quantitative estimate of drug-likeness (QED) is 0.793. The molecule has 1 aromatic carbocycles. The van der Waals surface area contributed by atoms with Crippen molar-refractivity contribution in [2.45, 2.75) is 17.4 Å². The van der Waals surface area contributed by atoms with Crippen LogP contribution < -0.4 is 0 Å². The lowest BCUT2D eigenvalue weighted by Gasteiger charge is -2.12. The summed E-state index contributed by atoms with van der Waals surface area (Å²) < 4.78 is 6.69. The summed E-state index contributed by atoms with van der Waals surface area (Å²) in [6, 6.07) is 8.03. The SMILES string of the molecule is COCCn1ncc(Cl)c1C(=O)C1CSc2ccccc21. The maximum atomic E-state index is 12.9. The Morgan fingerprint density at radius 1 is 1.52 bits per heavy atom. The first-order valence-electron chi connectivity index (χ1n) is 6.68. The highest BCUT2D eigenvalue weighted by atomic mass is 35.5. The van der Waals surface area contributed by atoms with E-state index >= 15 is 0 Å². The van der Waals surface area contributed by atoms with Gasteiger partial charge >= 0.3 is 0 Å². The Hall–Kier alpha value is -1.30. The third-order valence-electron chi connectivity index (χ3n) is 3.55. The van der Waals surface area contributed by atoms with Crippen LogP contribution in [0.3, 0.4) is 0 Å². The number of hydrogen-bond donors (Lipinski definition) is 0. The van der Waals surface area contributed by atoms with Crippen molar-refractivity contribution < 1.29 is 9.53 Å². The Morgan fingerprint density at radius 3 is 3.14 bits per heavy atom. The molecular weight excluding hydrogens is 308 g/mol. The second kappa shape index (κ2) is 6.22. The highest BCUT2D eigenvalue weighted by Crippen LogP contribution is 2.41. The van der Waals surface area contributed by atoms with E-state index in [1.807, 2.05) is 18.2 Å². The van der Waals surface area contributed by atoms with Crippen molar-refractivity contribution in [3.63, 3.8) is 0 Å². The molecule has 0 fully saturated rings. The van der Waals surface area contributed by atoms with Crippen molar-refractivity contribution in [3.05, 3.63) is 46.7 Å². The van der Waals surface area contributed by atoms with Crippen LogP contribution in [0, 0.1) is 0 Å². The summed E-state index contributed by atoms with van der Waals surface area (Å²) >= 11 is 7.89. The number of fused-ring (bicyclic) bond motifs is 1. The molecule has 0 N–H and O–H groups in total. The standard InChI is InChI=1S/C15H15ClN2O2S/c1-20-7-6-18-14(12(16)8-17-18)15(19)11-9-21-13-5-3-2-4-10(11)13/h2-5,8,11H,6-7,9H2,1H3. The average Bonchev–Trinajstić information content (AvgIpc) is 3.08. The zero-order valence-corrected chi connectivity index (χ0v) is 13.2. The molecule has 4 nitrogen and oxygen atoms in total. The first kappa shape index (κ1) is 14.6. The Balaban J connectivity index is 1.91. The first-order valence-corrected chi connectivity index (χ1v) is 8.05. The number of benzene rings is 1. The van der Waals surface area contributed by atoms with Crippen LogP contribution in [-0.4, -0.2) is 35.0 Å². The largest absolute Gasteiger partial charge is 0.383 e. The van der Waals surface area contributed by atoms with Gasteiger partial charge in [0.25, 0.3) is 0 Å². The number of ketones is 1. The van der Waals surface area contributed by atoms with Gasteiger partial charge in [-0.2, -0.15) is 5.10 Å². The van der Waals surface area contributed by atoms with E-state index in [2.05, 4.69) is 11.2 Å². The number of ether oxygens (including phenoxy) is 1. The average molecular weight is 323 g/mol. The molecule has 2 aromatic rings. The number of aromatic nitrogens is 2. The van der Waals surface area contributed by atoms with E-state index in [-0.39, 0.29) is 11.7 Å². The van der Waals surface area contributed by atoms with E-state index in [0.29, 0.717) is 23.9 Å². The fourth-order valence-corrected chi connectivity index (χ4v) is 3.96. The summed E-state index contributed by atoms with van der Waals surface area (Å²) in [4.78, 5) is 14.1. The summed E-state index contributed by atoms with van der Waals surface area (Å²) in [5, 5.41) is 4.59. The summed E-state index contributed by atoms with van der Waals surface area (Å²) in [7, 11) is 1.62. The molecule has 1 aliphatic heterocycles. The monoisotopic (exact) mass is 322 g/mol. The van der Waals surface area contributed by atoms with Gasteiger partial charge in [0.1, 0.15) is 5.69 Å². The van der Waals surface area contributed by atoms with Crippen molar-refractivity contribution in [1.82, 2.24) is 9.78 Å². The molecule has 0 bridgehead atoms. The molecule has 21 heavy (non-hydrogen) atoms. The topological polar surface area (TPSA) is 44.1 Å². The van der Waals surface area contributed by atoms with Crippen LogP contribution in [0.5, 0.6) is 0 Å². The van der Waals surface area contributed by atoms with Crippen molar-refractivity contribution in [1.29, 1.82) is 0 Å². The molecule has 1 atom stereocenters. The van der Waals surface area contributed by atoms with Crippen LogP contribution in [-0.2, 0) is 11.3 Å². The van der Waals surface area contributed by atoms with Crippen molar-refractivity contribution in [2.75, 3.05) is 19.5 Å². The zero-order chi connectivity index (χ0) is 14.8. The summed E-state index contributed by atoms with van der Waals surface area (Å²) in [6.45, 7) is 1.01. The summed E-state index contributed by atoms with van der Waals surface area (Å²) in [5.74, 6) is 0.636. The smallest absolute Gasteiger partial charge is 0.190 e. The van der Waals surface area contributed by atoms with Gasteiger partial charge in [-0.25, -0.2) is 0 Å². The minimum Gasteiger partial charge on any atom is -0.383 e. The van der Waals surface area contributed by atoms with Gasteiger partial charge in [0.2, 0.25) is 0 Å². The molecule has 0 aliphatic carbocycles. The van der Waals surface area contributed by atoms with Crippen molar-refractivity contribution in [3.8, 4) is 0 Å². The van der Waals surface area contributed by atoms with Crippen LogP contribution in [0.1, 0.15) is 22.0 Å². The number of halogens is 1. The number of hydrogen-bond acceptors (Lipinski definition) is 4. The molecule has 1 aliphatic rings. The van der Waals surface area contributed by atoms with E-state index < -0.39 is 0 Å². The predicted octanol–water partition coefficient (Wildman–Crippen LogP) is 3.26. The molecule has 1 aromatic heterocycles. The predicted molar refractivity (Wildman–Crippen MR) is 83.4 cm³/mol. The first-order chi connectivity index (χ1) is 10.2. The molecule has 0 saturated heterocycles. The van der Waals surface area contributed by atoms with E-state index in [1.54, 1.807) is 23.6 Å². The van der Waals surface area contributed by atoms with Crippen LogP contribution in [0.2, 0.25) is 5.02 Å². The van der Waals surface area contributed by atoms with Gasteiger partial charge in [-0.1, -0.05) is 29.8 Å². The van der Waals surface area contributed by atoms with Crippen LogP contribution >= 0.6 is 23.4 Å². The van der Waals surface area contributed by atoms with Gasteiger partial charge in [-0.05, 0) is 11.6 Å². The summed E-state index contributed by atoms with van der Waals surface area (Å²) in [5.41, 5.74) is 1.57. The molecule has 1 unspecified atom stereocenters. The Morgan fingerprint density at radius 2 is 2.33 bits per heavy atom. The maximum Gasteiger partial charge on any atom is 0.190 e. The highest BCUT2D eigenvalue weighted by molar-refractivity contribution is 7.99. The zero-order valence-electron chi connectivity index (χ0n) is 11.6. The fourth-order valence-electron chi connectivity index (χ4n) is 2.50. The van der Waals surface area contributed by atoms with Gasteiger partial charge in [0, 0.05) is 17.8 Å². The normalized spacial score (nSPS) is 17.0. The molecule has 0 radical (unpaired) electrons. The van der Waals surface area contributed by atoms with E-state index in [0.717, 1.165) is 11.3 Å². The minimum absolute atomic E-state index is 0.0334. The number of carbonyl (C=O) groups is 1. The van der Waals surface area contributed by atoms with Crippen LogP contribution in [0.15, 0.2) is 35.4 Å². The molecule has 0 saturated carbocycles. The van der Waals surface area contributed by atoms with E-state index in [4.69, 9.17) is 16.3 Å². The lowest BCUT2D eigenvalue weighted by Crippen LogP contribution is -2.19.